The van der Waals surface area contributed by atoms with E-state index in [4.69, 9.17) is 0 Å². The molecule has 2 aliphatic rings. The first-order valence-electron chi connectivity index (χ1n) is 6.80. The summed E-state index contributed by atoms with van der Waals surface area (Å²) in [6.07, 6.45) is 3.63. The van der Waals surface area contributed by atoms with Crippen LogP contribution in [0.2, 0.25) is 0 Å². The Bertz CT molecular complexity index is 431. The average Bonchev–Trinajstić information content (AvgIpc) is 2.66. The zero-order valence-electron chi connectivity index (χ0n) is 10.5. The summed E-state index contributed by atoms with van der Waals surface area (Å²) in [6.45, 7) is 0.536. The number of carbonyl (C=O) groups is 1. The lowest BCUT2D eigenvalue weighted by molar-refractivity contribution is -0.136. The molecule has 0 aromatic heterocycles. The molecule has 1 aromatic carbocycles. The molecule has 1 N–H and O–H groups in total. The molecule has 1 amide bonds. The number of hydrogen-bond donors (Lipinski definition) is 1. The summed E-state index contributed by atoms with van der Waals surface area (Å²) in [5, 5.41) is 10.3. The van der Waals surface area contributed by atoms with E-state index in [9.17, 15) is 9.90 Å². The zero-order chi connectivity index (χ0) is 12.5. The van der Waals surface area contributed by atoms with Gasteiger partial charge in [-0.3, -0.25) is 4.79 Å². The lowest BCUT2D eigenvalue weighted by Gasteiger charge is -2.25. The lowest BCUT2D eigenvalue weighted by Crippen LogP contribution is -2.34. The number of fused-ring (bicyclic) bond motifs is 1. The normalized spacial score (nSPS) is 31.5. The van der Waals surface area contributed by atoms with Crippen LogP contribution in [-0.4, -0.2) is 22.1 Å². The summed E-state index contributed by atoms with van der Waals surface area (Å²) in [5.41, 5.74) is 1.09. The maximum absolute atomic E-state index is 12.3. The Morgan fingerprint density at radius 2 is 1.89 bits per heavy atom. The smallest absolute Gasteiger partial charge is 0.228 e. The fraction of sp³-hybridized carbons (Fsp3) is 0.533. The molecule has 1 aromatic rings. The Morgan fingerprint density at radius 3 is 2.61 bits per heavy atom. The van der Waals surface area contributed by atoms with Crippen molar-refractivity contribution >= 4 is 5.91 Å². The molecular weight excluding hydrogens is 226 g/mol. The Kier molecular flexibility index (Phi) is 3.08. The van der Waals surface area contributed by atoms with Gasteiger partial charge in [0.15, 0.2) is 0 Å². The highest BCUT2D eigenvalue weighted by Crippen LogP contribution is 2.40. The molecule has 1 aliphatic carbocycles. The number of amides is 1. The Labute approximate surface area is 107 Å². The summed E-state index contributed by atoms with van der Waals surface area (Å²) in [5.74, 6) is 0.378. The second-order valence-electron chi connectivity index (χ2n) is 5.42. The molecule has 0 spiro atoms. The van der Waals surface area contributed by atoms with E-state index in [2.05, 4.69) is 0 Å². The number of nitrogens with zero attached hydrogens (tertiary/aromatic N) is 1. The average molecular weight is 245 g/mol. The number of likely N-dealkylation sites (tertiary alicyclic amines) is 1. The van der Waals surface area contributed by atoms with Gasteiger partial charge in [0, 0.05) is 18.4 Å². The van der Waals surface area contributed by atoms with Crippen molar-refractivity contribution in [3.63, 3.8) is 0 Å². The first-order chi connectivity index (χ1) is 8.77. The van der Waals surface area contributed by atoms with E-state index < -0.39 is 6.23 Å². The van der Waals surface area contributed by atoms with Gasteiger partial charge in [-0.05, 0) is 18.4 Å². The van der Waals surface area contributed by atoms with E-state index in [1.165, 1.54) is 0 Å². The monoisotopic (exact) mass is 245 g/mol. The van der Waals surface area contributed by atoms with E-state index >= 15 is 0 Å². The number of carbonyl (C=O) groups excluding carboxylic acids is 1. The van der Waals surface area contributed by atoms with Crippen LogP contribution < -0.4 is 0 Å². The van der Waals surface area contributed by atoms with Crippen LogP contribution in [0.15, 0.2) is 30.3 Å². The van der Waals surface area contributed by atoms with E-state index in [0.717, 1.165) is 31.2 Å². The molecule has 18 heavy (non-hydrogen) atoms. The van der Waals surface area contributed by atoms with Crippen molar-refractivity contribution in [2.45, 2.75) is 38.5 Å². The topological polar surface area (TPSA) is 40.5 Å². The third-order valence-electron chi connectivity index (χ3n) is 4.32. The quantitative estimate of drug-likeness (QED) is 0.867. The number of rotatable bonds is 2. The molecule has 0 bridgehead atoms. The minimum absolute atomic E-state index is 0.0671. The molecule has 3 nitrogen and oxygen atoms in total. The maximum atomic E-state index is 12.3. The van der Waals surface area contributed by atoms with Crippen LogP contribution in [0, 0.1) is 11.8 Å². The predicted octanol–water partition coefficient (Wildman–Crippen LogP) is 2.15. The number of hydrogen-bond acceptors (Lipinski definition) is 2. The van der Waals surface area contributed by atoms with Gasteiger partial charge < -0.3 is 10.0 Å². The third-order valence-corrected chi connectivity index (χ3v) is 4.32. The van der Waals surface area contributed by atoms with Crippen LogP contribution in [0.25, 0.3) is 0 Å². The van der Waals surface area contributed by atoms with Gasteiger partial charge in [-0.1, -0.05) is 43.2 Å². The Morgan fingerprint density at radius 1 is 1.17 bits per heavy atom. The summed E-state index contributed by atoms with van der Waals surface area (Å²) in [6, 6.07) is 9.90. The second kappa shape index (κ2) is 4.73. The highest BCUT2D eigenvalue weighted by atomic mass is 16.3. The van der Waals surface area contributed by atoms with Crippen LogP contribution in [0.1, 0.15) is 31.2 Å². The fourth-order valence-corrected chi connectivity index (χ4v) is 3.35. The van der Waals surface area contributed by atoms with Crippen LogP contribution in [0.5, 0.6) is 0 Å². The van der Waals surface area contributed by atoms with Gasteiger partial charge in [-0.2, -0.15) is 0 Å². The number of aliphatic hydroxyl groups excluding tert-OH is 1. The molecule has 3 heteroatoms. The molecule has 1 aliphatic heterocycles. The van der Waals surface area contributed by atoms with E-state index in [-0.39, 0.29) is 17.7 Å². The van der Waals surface area contributed by atoms with Crippen LogP contribution in [0.4, 0.5) is 0 Å². The first kappa shape index (κ1) is 11.7. The van der Waals surface area contributed by atoms with Gasteiger partial charge in [-0.25, -0.2) is 0 Å². The van der Waals surface area contributed by atoms with Crippen molar-refractivity contribution < 1.29 is 9.90 Å². The van der Waals surface area contributed by atoms with Gasteiger partial charge in [0.2, 0.25) is 5.91 Å². The minimum Gasteiger partial charge on any atom is -0.373 e. The van der Waals surface area contributed by atoms with Gasteiger partial charge in [0.1, 0.15) is 6.23 Å². The molecule has 2 fully saturated rings. The van der Waals surface area contributed by atoms with Crippen LogP contribution in [-0.2, 0) is 11.3 Å². The molecular formula is C15H19NO2. The van der Waals surface area contributed by atoms with E-state index in [1.54, 1.807) is 4.90 Å². The lowest BCUT2D eigenvalue weighted by atomic mass is 9.81. The van der Waals surface area contributed by atoms with Crippen molar-refractivity contribution in [1.29, 1.82) is 0 Å². The molecule has 1 saturated heterocycles. The zero-order valence-corrected chi connectivity index (χ0v) is 10.5. The number of benzene rings is 1. The fourth-order valence-electron chi connectivity index (χ4n) is 3.35. The summed E-state index contributed by atoms with van der Waals surface area (Å²) < 4.78 is 0. The molecule has 1 saturated carbocycles. The van der Waals surface area contributed by atoms with Gasteiger partial charge in [0.25, 0.3) is 0 Å². The first-order valence-corrected chi connectivity index (χ1v) is 6.80. The van der Waals surface area contributed by atoms with Crippen molar-refractivity contribution in [1.82, 2.24) is 4.90 Å². The third kappa shape index (κ3) is 1.93. The highest BCUT2D eigenvalue weighted by Gasteiger charge is 2.47. The second-order valence-corrected chi connectivity index (χ2v) is 5.42. The summed E-state index contributed by atoms with van der Waals surface area (Å²) in [4.78, 5) is 14.0. The van der Waals surface area contributed by atoms with E-state index in [0.29, 0.717) is 6.54 Å². The van der Waals surface area contributed by atoms with Gasteiger partial charge in [-0.15, -0.1) is 0 Å². The highest BCUT2D eigenvalue weighted by molar-refractivity contribution is 5.81. The van der Waals surface area contributed by atoms with Crippen molar-refractivity contribution in [2.24, 2.45) is 11.8 Å². The molecule has 3 rings (SSSR count). The standard InChI is InChI=1S/C15H19NO2/c17-14-12-8-4-5-9-13(12)15(18)16(14)10-11-6-2-1-3-7-11/h1-3,6-7,12-14,17H,4-5,8-10H2. The van der Waals surface area contributed by atoms with Gasteiger partial charge in [0.05, 0.1) is 0 Å². The summed E-state index contributed by atoms with van der Waals surface area (Å²) >= 11 is 0. The van der Waals surface area contributed by atoms with Crippen LogP contribution in [0.3, 0.4) is 0 Å². The molecule has 3 atom stereocenters. The SMILES string of the molecule is O=C1C2CCCCC2C(O)N1Cc1ccccc1. The summed E-state index contributed by atoms with van der Waals surface area (Å²) in [7, 11) is 0. The van der Waals surface area contributed by atoms with Gasteiger partial charge >= 0.3 is 0 Å². The van der Waals surface area contributed by atoms with Crippen molar-refractivity contribution in [3.8, 4) is 0 Å². The van der Waals surface area contributed by atoms with Crippen molar-refractivity contribution in [2.75, 3.05) is 0 Å². The number of aliphatic hydroxyl groups is 1. The minimum atomic E-state index is -0.581. The Hall–Kier alpha value is -1.35. The maximum Gasteiger partial charge on any atom is 0.228 e. The van der Waals surface area contributed by atoms with E-state index in [1.807, 2.05) is 30.3 Å². The largest absolute Gasteiger partial charge is 0.373 e. The Balaban J connectivity index is 1.78. The van der Waals surface area contributed by atoms with Crippen LogP contribution >= 0.6 is 0 Å². The van der Waals surface area contributed by atoms with Crippen molar-refractivity contribution in [3.05, 3.63) is 35.9 Å². The molecule has 0 radical (unpaired) electrons. The molecule has 1 heterocycles. The predicted molar refractivity (Wildman–Crippen MR) is 68.4 cm³/mol. The molecule has 96 valence electrons. The molecule has 3 unspecified atom stereocenters.